The molecule has 1 aliphatic rings. The molecule has 1 aromatic heterocycles. The van der Waals surface area contributed by atoms with Gasteiger partial charge in [0.15, 0.2) is 11.6 Å². The predicted molar refractivity (Wildman–Crippen MR) is 80.1 cm³/mol. The molecule has 0 radical (unpaired) electrons. The summed E-state index contributed by atoms with van der Waals surface area (Å²) >= 11 is 11.5. The average molecular weight is 364 g/mol. The second kappa shape index (κ2) is 5.72. The van der Waals surface area contributed by atoms with Crippen molar-refractivity contribution in [1.29, 1.82) is 0 Å². The Balaban J connectivity index is 2.07. The van der Waals surface area contributed by atoms with Gasteiger partial charge in [0.1, 0.15) is 6.61 Å². The summed E-state index contributed by atoms with van der Waals surface area (Å²) in [7, 11) is 1.63. The van der Waals surface area contributed by atoms with Crippen molar-refractivity contribution in [2.45, 2.75) is 12.2 Å². The molecule has 9 heteroatoms. The van der Waals surface area contributed by atoms with Crippen molar-refractivity contribution >= 4 is 29.0 Å². The van der Waals surface area contributed by atoms with Crippen molar-refractivity contribution in [2.75, 3.05) is 18.6 Å². The third-order valence-corrected chi connectivity index (χ3v) is 4.00. The molecule has 4 nitrogen and oxygen atoms in total. The molecule has 3 rings (SSSR count). The standard InChI is InChI=1S/C14H10Cl2F3N3O/c1-22-10(6-23-11-5-20-13(16)21-12(11)22)8-3-2-7(15)4-9(8)14(17,18)19/h2-5,10H,6H2,1H3. The van der Waals surface area contributed by atoms with Gasteiger partial charge in [0.25, 0.3) is 0 Å². The number of alkyl halides is 3. The first-order valence-electron chi connectivity index (χ1n) is 6.52. The van der Waals surface area contributed by atoms with Gasteiger partial charge in [-0.2, -0.15) is 18.2 Å². The number of halogens is 5. The topological polar surface area (TPSA) is 38.2 Å². The number of hydrogen-bond donors (Lipinski definition) is 0. The zero-order valence-corrected chi connectivity index (χ0v) is 13.2. The van der Waals surface area contributed by atoms with E-state index in [4.69, 9.17) is 27.9 Å². The summed E-state index contributed by atoms with van der Waals surface area (Å²) in [4.78, 5) is 9.41. The molecule has 0 saturated carbocycles. The summed E-state index contributed by atoms with van der Waals surface area (Å²) in [5.41, 5.74) is -0.737. The molecule has 122 valence electrons. The Morgan fingerprint density at radius 3 is 2.74 bits per heavy atom. The summed E-state index contributed by atoms with van der Waals surface area (Å²) in [5.74, 6) is 0.708. The van der Waals surface area contributed by atoms with E-state index in [1.54, 1.807) is 11.9 Å². The van der Waals surface area contributed by atoms with Crippen LogP contribution in [0.25, 0.3) is 0 Å². The van der Waals surface area contributed by atoms with Gasteiger partial charge in [-0.25, -0.2) is 4.98 Å². The SMILES string of the molecule is CN1c2nc(Cl)ncc2OCC1c1ccc(Cl)cc1C(F)(F)F. The summed E-state index contributed by atoms with van der Waals surface area (Å²) < 4.78 is 45.4. The molecule has 1 unspecified atom stereocenters. The van der Waals surface area contributed by atoms with Crippen molar-refractivity contribution in [1.82, 2.24) is 9.97 Å². The normalized spacial score (nSPS) is 17.7. The van der Waals surface area contributed by atoms with E-state index in [9.17, 15) is 13.2 Å². The predicted octanol–water partition coefficient (Wildman–Crippen LogP) is 4.37. The minimum absolute atomic E-state index is 0.00741. The smallest absolute Gasteiger partial charge is 0.416 e. The van der Waals surface area contributed by atoms with Crippen LogP contribution in [-0.2, 0) is 6.18 Å². The maximum Gasteiger partial charge on any atom is 0.416 e. The molecule has 0 aliphatic carbocycles. The van der Waals surface area contributed by atoms with Gasteiger partial charge >= 0.3 is 6.18 Å². The number of ether oxygens (including phenoxy) is 1. The van der Waals surface area contributed by atoms with Crippen molar-refractivity contribution in [3.8, 4) is 5.75 Å². The number of fused-ring (bicyclic) bond motifs is 1. The highest BCUT2D eigenvalue weighted by molar-refractivity contribution is 6.30. The Bertz CT molecular complexity index is 755. The second-order valence-corrected chi connectivity index (χ2v) is 5.77. The highest BCUT2D eigenvalue weighted by Crippen LogP contribution is 2.42. The van der Waals surface area contributed by atoms with E-state index in [1.165, 1.54) is 18.3 Å². The average Bonchev–Trinajstić information content (AvgIpc) is 2.48. The van der Waals surface area contributed by atoms with Crippen LogP contribution in [0, 0.1) is 0 Å². The molecule has 1 aliphatic heterocycles. The number of aromatic nitrogens is 2. The van der Waals surface area contributed by atoms with Gasteiger partial charge in [-0.3, -0.25) is 0 Å². The molecule has 2 aromatic rings. The van der Waals surface area contributed by atoms with Crippen LogP contribution in [-0.4, -0.2) is 23.6 Å². The molecule has 0 amide bonds. The number of nitrogens with zero attached hydrogens (tertiary/aromatic N) is 3. The Kier molecular flexibility index (Phi) is 4.01. The Labute approximate surface area is 139 Å². The van der Waals surface area contributed by atoms with Gasteiger partial charge in [0.05, 0.1) is 17.8 Å². The minimum Gasteiger partial charge on any atom is -0.486 e. The van der Waals surface area contributed by atoms with Crippen molar-refractivity contribution in [3.63, 3.8) is 0 Å². The van der Waals surface area contributed by atoms with Crippen LogP contribution < -0.4 is 9.64 Å². The van der Waals surface area contributed by atoms with Crippen molar-refractivity contribution in [2.24, 2.45) is 0 Å². The largest absolute Gasteiger partial charge is 0.486 e. The van der Waals surface area contributed by atoms with Crippen LogP contribution in [0.3, 0.4) is 0 Å². The van der Waals surface area contributed by atoms with Crippen LogP contribution in [0.15, 0.2) is 24.4 Å². The van der Waals surface area contributed by atoms with Gasteiger partial charge < -0.3 is 9.64 Å². The molecule has 0 saturated heterocycles. The molecule has 1 atom stereocenters. The first-order valence-corrected chi connectivity index (χ1v) is 7.28. The number of anilines is 1. The molecule has 1 aromatic carbocycles. The zero-order valence-electron chi connectivity index (χ0n) is 11.7. The number of rotatable bonds is 1. The van der Waals surface area contributed by atoms with Gasteiger partial charge in [-0.1, -0.05) is 17.7 Å². The zero-order chi connectivity index (χ0) is 16.8. The fourth-order valence-electron chi connectivity index (χ4n) is 2.49. The van der Waals surface area contributed by atoms with E-state index in [1.807, 2.05) is 0 Å². The Morgan fingerprint density at radius 2 is 2.04 bits per heavy atom. The number of hydrogen-bond acceptors (Lipinski definition) is 4. The lowest BCUT2D eigenvalue weighted by molar-refractivity contribution is -0.138. The van der Waals surface area contributed by atoms with Gasteiger partial charge in [0.2, 0.25) is 5.28 Å². The molecule has 0 bridgehead atoms. The van der Waals surface area contributed by atoms with E-state index >= 15 is 0 Å². The highest BCUT2D eigenvalue weighted by atomic mass is 35.5. The van der Waals surface area contributed by atoms with Crippen LogP contribution in [0.5, 0.6) is 5.75 Å². The summed E-state index contributed by atoms with van der Waals surface area (Å²) in [5, 5.41) is 0.0122. The Hall–Kier alpha value is -1.73. The van der Waals surface area contributed by atoms with Crippen LogP contribution in [0.2, 0.25) is 10.3 Å². The van der Waals surface area contributed by atoms with E-state index in [0.29, 0.717) is 11.6 Å². The van der Waals surface area contributed by atoms with E-state index in [2.05, 4.69) is 9.97 Å². The monoisotopic (exact) mass is 363 g/mol. The fourth-order valence-corrected chi connectivity index (χ4v) is 2.79. The molecular formula is C14H10Cl2F3N3O. The molecule has 2 heterocycles. The summed E-state index contributed by atoms with van der Waals surface area (Å²) in [6, 6.07) is 3.00. The molecule has 23 heavy (non-hydrogen) atoms. The van der Waals surface area contributed by atoms with E-state index in [0.717, 1.165) is 6.07 Å². The molecule has 0 spiro atoms. The van der Waals surface area contributed by atoms with Crippen LogP contribution in [0.4, 0.5) is 19.0 Å². The van der Waals surface area contributed by atoms with Crippen LogP contribution in [0.1, 0.15) is 17.2 Å². The van der Waals surface area contributed by atoms with Crippen LogP contribution >= 0.6 is 23.2 Å². The quantitative estimate of drug-likeness (QED) is 0.705. The molecular weight excluding hydrogens is 354 g/mol. The minimum atomic E-state index is -4.52. The highest BCUT2D eigenvalue weighted by Gasteiger charge is 2.38. The fraction of sp³-hybridized carbons (Fsp3) is 0.286. The van der Waals surface area contributed by atoms with Crippen molar-refractivity contribution in [3.05, 3.63) is 45.8 Å². The number of likely N-dealkylation sites (N-methyl/N-ethyl adjacent to an activating group) is 1. The lowest BCUT2D eigenvalue weighted by Gasteiger charge is -2.35. The molecule has 0 N–H and O–H groups in total. The summed E-state index contributed by atoms with van der Waals surface area (Å²) in [6.07, 6.45) is -3.13. The molecule has 0 fully saturated rings. The maximum atomic E-state index is 13.3. The van der Waals surface area contributed by atoms with E-state index < -0.39 is 17.8 Å². The van der Waals surface area contributed by atoms with Gasteiger partial charge in [0, 0.05) is 12.1 Å². The first kappa shape index (κ1) is 16.1. The number of benzene rings is 1. The third-order valence-electron chi connectivity index (χ3n) is 3.58. The van der Waals surface area contributed by atoms with Gasteiger partial charge in [-0.15, -0.1) is 0 Å². The van der Waals surface area contributed by atoms with Crippen molar-refractivity contribution < 1.29 is 17.9 Å². The third kappa shape index (κ3) is 3.03. The Morgan fingerprint density at radius 1 is 1.30 bits per heavy atom. The lowest BCUT2D eigenvalue weighted by Crippen LogP contribution is -2.35. The summed E-state index contributed by atoms with van der Waals surface area (Å²) in [6.45, 7) is 0.0270. The lowest BCUT2D eigenvalue weighted by atomic mass is 9.98. The maximum absolute atomic E-state index is 13.3. The second-order valence-electron chi connectivity index (χ2n) is 4.99. The van der Waals surface area contributed by atoms with Gasteiger partial charge in [-0.05, 0) is 29.3 Å². The van der Waals surface area contributed by atoms with E-state index in [-0.39, 0.29) is 22.5 Å². The first-order chi connectivity index (χ1) is 10.8.